The number of nitrogens with zero attached hydrogens (tertiary/aromatic N) is 1. The average Bonchev–Trinajstić information content (AvgIpc) is 2.18. The van der Waals surface area contributed by atoms with Crippen LogP contribution >= 0.6 is 0 Å². The van der Waals surface area contributed by atoms with Gasteiger partial charge in [0.25, 0.3) is 0 Å². The third-order valence-corrected chi connectivity index (χ3v) is 2.63. The molecule has 1 fully saturated rings. The van der Waals surface area contributed by atoms with E-state index in [0.717, 1.165) is 19.5 Å². The zero-order chi connectivity index (χ0) is 10.7. The van der Waals surface area contributed by atoms with Crippen LogP contribution in [0, 0.1) is 5.92 Å². The van der Waals surface area contributed by atoms with E-state index in [1.54, 1.807) is 0 Å². The van der Waals surface area contributed by atoms with Gasteiger partial charge in [-0.2, -0.15) is 0 Å². The summed E-state index contributed by atoms with van der Waals surface area (Å²) < 4.78 is 0. The Balaban J connectivity index is 2.60. The molecule has 0 aromatic carbocycles. The minimum absolute atomic E-state index is 0.0220. The Morgan fingerprint density at radius 2 is 2.14 bits per heavy atom. The second-order valence-corrected chi connectivity index (χ2v) is 4.76. The quantitative estimate of drug-likeness (QED) is 0.724. The molecule has 2 atom stereocenters. The monoisotopic (exact) mass is 198 g/mol. The molecule has 0 bridgehead atoms. The van der Waals surface area contributed by atoms with Gasteiger partial charge in [0.2, 0.25) is 5.91 Å². The number of hydrogen-bond donors (Lipinski definition) is 1. The molecule has 2 unspecified atom stereocenters. The van der Waals surface area contributed by atoms with Gasteiger partial charge in [-0.1, -0.05) is 13.8 Å². The Bertz CT molecular complexity index is 203. The van der Waals surface area contributed by atoms with Gasteiger partial charge in [0.1, 0.15) is 0 Å². The van der Waals surface area contributed by atoms with Crippen molar-refractivity contribution in [2.45, 2.75) is 46.2 Å². The van der Waals surface area contributed by atoms with Crippen molar-refractivity contribution in [3.8, 4) is 0 Å². The van der Waals surface area contributed by atoms with Crippen molar-refractivity contribution in [1.82, 2.24) is 10.2 Å². The summed E-state index contributed by atoms with van der Waals surface area (Å²) >= 11 is 0. The topological polar surface area (TPSA) is 32.3 Å². The molecule has 0 aromatic heterocycles. The average molecular weight is 198 g/mol. The van der Waals surface area contributed by atoms with E-state index in [2.05, 4.69) is 26.1 Å². The van der Waals surface area contributed by atoms with Crippen molar-refractivity contribution in [3.05, 3.63) is 0 Å². The standard InChI is InChI=1S/C11H22N2O/c1-8(2)7-13-6-5-9(3)12-10(4)11(13)14/h8-10,12H,5-7H2,1-4H3. The van der Waals surface area contributed by atoms with Gasteiger partial charge in [0.15, 0.2) is 0 Å². The third-order valence-electron chi connectivity index (χ3n) is 2.63. The van der Waals surface area contributed by atoms with Crippen LogP contribution in [0.1, 0.15) is 34.1 Å². The molecule has 0 aliphatic carbocycles. The molecule has 1 N–H and O–H groups in total. The first-order valence-corrected chi connectivity index (χ1v) is 5.55. The number of nitrogens with one attached hydrogen (secondary N) is 1. The van der Waals surface area contributed by atoms with Crippen LogP contribution in [0.25, 0.3) is 0 Å². The van der Waals surface area contributed by atoms with Crippen LogP contribution in [0.15, 0.2) is 0 Å². The predicted octanol–water partition coefficient (Wildman–Crippen LogP) is 1.24. The van der Waals surface area contributed by atoms with Crippen molar-refractivity contribution in [2.75, 3.05) is 13.1 Å². The molecule has 1 aliphatic heterocycles. The fourth-order valence-electron chi connectivity index (χ4n) is 1.94. The maximum Gasteiger partial charge on any atom is 0.239 e. The van der Waals surface area contributed by atoms with E-state index in [1.807, 2.05) is 11.8 Å². The van der Waals surface area contributed by atoms with E-state index < -0.39 is 0 Å². The Labute approximate surface area is 86.9 Å². The highest BCUT2D eigenvalue weighted by Crippen LogP contribution is 2.09. The molecule has 1 rings (SSSR count). The number of amides is 1. The second-order valence-electron chi connectivity index (χ2n) is 4.76. The summed E-state index contributed by atoms with van der Waals surface area (Å²) in [5.41, 5.74) is 0. The van der Waals surface area contributed by atoms with Crippen LogP contribution < -0.4 is 5.32 Å². The Morgan fingerprint density at radius 1 is 1.50 bits per heavy atom. The molecular weight excluding hydrogens is 176 g/mol. The van der Waals surface area contributed by atoms with Crippen LogP contribution in [0.3, 0.4) is 0 Å². The minimum Gasteiger partial charge on any atom is -0.341 e. The normalized spacial score (nSPS) is 29.5. The molecule has 1 amide bonds. The summed E-state index contributed by atoms with van der Waals surface area (Å²) in [6, 6.07) is 0.428. The molecular formula is C11H22N2O. The maximum atomic E-state index is 11.9. The molecule has 0 saturated carbocycles. The fourth-order valence-corrected chi connectivity index (χ4v) is 1.94. The first-order chi connectivity index (χ1) is 6.50. The van der Waals surface area contributed by atoms with E-state index in [4.69, 9.17) is 0 Å². The third kappa shape index (κ3) is 2.98. The van der Waals surface area contributed by atoms with E-state index >= 15 is 0 Å². The number of hydrogen-bond acceptors (Lipinski definition) is 2. The highest BCUT2D eigenvalue weighted by Gasteiger charge is 2.25. The van der Waals surface area contributed by atoms with Gasteiger partial charge >= 0.3 is 0 Å². The smallest absolute Gasteiger partial charge is 0.239 e. The maximum absolute atomic E-state index is 11.9. The summed E-state index contributed by atoms with van der Waals surface area (Å²) in [5, 5.41) is 3.30. The highest BCUT2D eigenvalue weighted by molar-refractivity contribution is 5.81. The van der Waals surface area contributed by atoms with Crippen LogP contribution in [-0.2, 0) is 4.79 Å². The van der Waals surface area contributed by atoms with Crippen molar-refractivity contribution >= 4 is 5.91 Å². The lowest BCUT2D eigenvalue weighted by Crippen LogP contribution is -2.44. The van der Waals surface area contributed by atoms with Crippen LogP contribution in [0.2, 0.25) is 0 Å². The molecule has 82 valence electrons. The van der Waals surface area contributed by atoms with Crippen LogP contribution in [-0.4, -0.2) is 36.0 Å². The summed E-state index contributed by atoms with van der Waals surface area (Å²) in [6.07, 6.45) is 1.06. The largest absolute Gasteiger partial charge is 0.341 e. The lowest BCUT2D eigenvalue weighted by atomic mass is 10.2. The first kappa shape index (κ1) is 11.5. The first-order valence-electron chi connectivity index (χ1n) is 5.55. The summed E-state index contributed by atoms with van der Waals surface area (Å²) in [4.78, 5) is 13.9. The van der Waals surface area contributed by atoms with Crippen molar-refractivity contribution in [2.24, 2.45) is 5.92 Å². The minimum atomic E-state index is -0.0220. The van der Waals surface area contributed by atoms with Gasteiger partial charge in [-0.15, -0.1) is 0 Å². The molecule has 0 aromatic rings. The molecule has 1 aliphatic rings. The van der Waals surface area contributed by atoms with Gasteiger partial charge in [0.05, 0.1) is 6.04 Å². The molecule has 14 heavy (non-hydrogen) atoms. The second kappa shape index (κ2) is 4.78. The molecule has 1 saturated heterocycles. The van der Waals surface area contributed by atoms with Gasteiger partial charge in [0, 0.05) is 19.1 Å². The summed E-state index contributed by atoms with van der Waals surface area (Å²) in [7, 11) is 0. The Hall–Kier alpha value is -0.570. The molecule has 1 heterocycles. The van der Waals surface area contributed by atoms with Crippen molar-refractivity contribution in [1.29, 1.82) is 0 Å². The molecule has 3 heteroatoms. The number of rotatable bonds is 2. The van der Waals surface area contributed by atoms with Crippen molar-refractivity contribution in [3.63, 3.8) is 0 Å². The summed E-state index contributed by atoms with van der Waals surface area (Å²) in [6.45, 7) is 10.2. The van der Waals surface area contributed by atoms with Crippen LogP contribution in [0.5, 0.6) is 0 Å². The van der Waals surface area contributed by atoms with Gasteiger partial charge < -0.3 is 10.2 Å². The van der Waals surface area contributed by atoms with Gasteiger partial charge in [-0.05, 0) is 26.2 Å². The SMILES string of the molecule is CC(C)CN1CCC(C)NC(C)C1=O. The Kier molecular flexibility index (Phi) is 3.93. The predicted molar refractivity (Wildman–Crippen MR) is 58.1 cm³/mol. The van der Waals surface area contributed by atoms with E-state index in [-0.39, 0.29) is 11.9 Å². The van der Waals surface area contributed by atoms with Gasteiger partial charge in [-0.3, -0.25) is 4.79 Å². The molecule has 0 radical (unpaired) electrons. The van der Waals surface area contributed by atoms with E-state index in [1.165, 1.54) is 0 Å². The molecule has 3 nitrogen and oxygen atoms in total. The Morgan fingerprint density at radius 3 is 2.71 bits per heavy atom. The van der Waals surface area contributed by atoms with Crippen LogP contribution in [0.4, 0.5) is 0 Å². The number of carbonyl (C=O) groups is 1. The van der Waals surface area contributed by atoms with E-state index in [0.29, 0.717) is 12.0 Å². The van der Waals surface area contributed by atoms with Crippen molar-refractivity contribution < 1.29 is 4.79 Å². The zero-order valence-corrected chi connectivity index (χ0v) is 9.71. The number of carbonyl (C=O) groups excluding carboxylic acids is 1. The fraction of sp³-hybridized carbons (Fsp3) is 0.909. The lowest BCUT2D eigenvalue weighted by Gasteiger charge is -2.24. The summed E-state index contributed by atoms with van der Waals surface area (Å²) in [5.74, 6) is 0.808. The van der Waals surface area contributed by atoms with Gasteiger partial charge in [-0.25, -0.2) is 0 Å². The highest BCUT2D eigenvalue weighted by atomic mass is 16.2. The lowest BCUT2D eigenvalue weighted by molar-refractivity contribution is -0.132. The van der Waals surface area contributed by atoms with E-state index in [9.17, 15) is 4.79 Å². The molecule has 0 spiro atoms. The zero-order valence-electron chi connectivity index (χ0n) is 9.71.